The molecule has 3 rings (SSSR count). The smallest absolute Gasteiger partial charge is 0.180 e. The lowest BCUT2D eigenvalue weighted by Gasteiger charge is -2.08. The van der Waals surface area contributed by atoms with Crippen molar-refractivity contribution in [2.24, 2.45) is 0 Å². The summed E-state index contributed by atoms with van der Waals surface area (Å²) in [4.78, 5) is 9.00. The SMILES string of the molecule is CNc1nc2cc(C)ccc2n2c(C)cnc12. The van der Waals surface area contributed by atoms with E-state index in [1.165, 1.54) is 5.56 Å². The van der Waals surface area contributed by atoms with Crippen molar-refractivity contribution in [2.75, 3.05) is 12.4 Å². The van der Waals surface area contributed by atoms with Gasteiger partial charge in [0, 0.05) is 18.9 Å². The second-order valence-electron chi connectivity index (χ2n) is 4.26. The van der Waals surface area contributed by atoms with Crippen molar-refractivity contribution in [1.29, 1.82) is 0 Å². The van der Waals surface area contributed by atoms with Gasteiger partial charge in [0.1, 0.15) is 0 Å². The number of nitrogens with zero attached hydrogens (tertiary/aromatic N) is 3. The first kappa shape index (κ1) is 10.1. The molecular weight excluding hydrogens is 212 g/mol. The number of aromatic nitrogens is 3. The van der Waals surface area contributed by atoms with Gasteiger partial charge in [-0.3, -0.25) is 4.40 Å². The van der Waals surface area contributed by atoms with Crippen LogP contribution in [0.25, 0.3) is 16.7 Å². The minimum Gasteiger partial charge on any atom is -0.370 e. The predicted molar refractivity (Wildman–Crippen MR) is 69.5 cm³/mol. The molecule has 0 spiro atoms. The highest BCUT2D eigenvalue weighted by Gasteiger charge is 2.10. The molecule has 0 aliphatic heterocycles. The fraction of sp³-hybridized carbons (Fsp3) is 0.231. The van der Waals surface area contributed by atoms with Crippen LogP contribution in [0.3, 0.4) is 0 Å². The monoisotopic (exact) mass is 226 g/mol. The zero-order chi connectivity index (χ0) is 12.0. The third kappa shape index (κ3) is 1.37. The van der Waals surface area contributed by atoms with E-state index in [1.807, 2.05) is 13.2 Å². The highest BCUT2D eigenvalue weighted by molar-refractivity contribution is 5.83. The van der Waals surface area contributed by atoms with Gasteiger partial charge >= 0.3 is 0 Å². The first-order valence-electron chi connectivity index (χ1n) is 5.63. The van der Waals surface area contributed by atoms with Crippen molar-refractivity contribution in [3.05, 3.63) is 35.7 Å². The fourth-order valence-corrected chi connectivity index (χ4v) is 2.16. The first-order valence-corrected chi connectivity index (χ1v) is 5.63. The van der Waals surface area contributed by atoms with E-state index in [0.29, 0.717) is 0 Å². The van der Waals surface area contributed by atoms with Crippen LogP contribution in [0.1, 0.15) is 11.3 Å². The van der Waals surface area contributed by atoms with Gasteiger partial charge in [0.25, 0.3) is 0 Å². The van der Waals surface area contributed by atoms with Crippen molar-refractivity contribution in [1.82, 2.24) is 14.4 Å². The molecule has 86 valence electrons. The Bertz CT molecular complexity index is 712. The second kappa shape index (κ2) is 3.45. The second-order valence-corrected chi connectivity index (χ2v) is 4.26. The molecule has 1 N–H and O–H groups in total. The molecule has 0 aliphatic carbocycles. The summed E-state index contributed by atoms with van der Waals surface area (Å²) in [5.74, 6) is 0.816. The first-order chi connectivity index (χ1) is 8.20. The quantitative estimate of drug-likeness (QED) is 0.693. The minimum atomic E-state index is 0.816. The summed E-state index contributed by atoms with van der Waals surface area (Å²) < 4.78 is 2.13. The van der Waals surface area contributed by atoms with Crippen LogP contribution in [0.2, 0.25) is 0 Å². The maximum absolute atomic E-state index is 4.60. The Hall–Kier alpha value is -2.10. The van der Waals surface area contributed by atoms with E-state index >= 15 is 0 Å². The lowest BCUT2D eigenvalue weighted by molar-refractivity contribution is 1.14. The van der Waals surface area contributed by atoms with Crippen LogP contribution < -0.4 is 5.32 Å². The zero-order valence-electron chi connectivity index (χ0n) is 10.2. The maximum atomic E-state index is 4.60. The Labute approximate surface area is 99.3 Å². The van der Waals surface area contributed by atoms with Crippen LogP contribution >= 0.6 is 0 Å². The fourth-order valence-electron chi connectivity index (χ4n) is 2.16. The molecule has 0 saturated heterocycles. The summed E-state index contributed by atoms with van der Waals surface area (Å²) in [6, 6.07) is 6.29. The molecule has 17 heavy (non-hydrogen) atoms. The van der Waals surface area contributed by atoms with Crippen LogP contribution in [0.4, 0.5) is 5.82 Å². The van der Waals surface area contributed by atoms with Crippen LogP contribution in [-0.4, -0.2) is 21.4 Å². The van der Waals surface area contributed by atoms with Crippen molar-refractivity contribution < 1.29 is 0 Å². The molecule has 3 aromatic rings. The van der Waals surface area contributed by atoms with Gasteiger partial charge in [-0.15, -0.1) is 0 Å². The summed E-state index contributed by atoms with van der Waals surface area (Å²) in [5.41, 5.74) is 5.29. The van der Waals surface area contributed by atoms with Gasteiger partial charge in [-0.1, -0.05) is 6.07 Å². The van der Waals surface area contributed by atoms with Crippen molar-refractivity contribution in [3.8, 4) is 0 Å². The zero-order valence-corrected chi connectivity index (χ0v) is 10.2. The molecule has 2 heterocycles. The van der Waals surface area contributed by atoms with E-state index in [1.54, 1.807) is 0 Å². The van der Waals surface area contributed by atoms with Crippen LogP contribution in [-0.2, 0) is 0 Å². The molecular formula is C13H14N4. The Morgan fingerprint density at radius 3 is 2.82 bits per heavy atom. The number of rotatable bonds is 1. The third-order valence-corrected chi connectivity index (χ3v) is 2.99. The largest absolute Gasteiger partial charge is 0.370 e. The van der Waals surface area contributed by atoms with Crippen LogP contribution in [0, 0.1) is 13.8 Å². The number of anilines is 1. The van der Waals surface area contributed by atoms with Gasteiger partial charge in [0.2, 0.25) is 0 Å². The summed E-state index contributed by atoms with van der Waals surface area (Å²) in [6.45, 7) is 4.13. The molecule has 0 fully saturated rings. The molecule has 0 saturated carbocycles. The van der Waals surface area contributed by atoms with Gasteiger partial charge in [0.05, 0.1) is 11.0 Å². The van der Waals surface area contributed by atoms with E-state index in [2.05, 4.69) is 51.7 Å². The van der Waals surface area contributed by atoms with E-state index in [0.717, 1.165) is 28.2 Å². The molecule has 0 amide bonds. The van der Waals surface area contributed by atoms with Gasteiger partial charge in [-0.05, 0) is 31.5 Å². The number of nitrogens with one attached hydrogen (secondary N) is 1. The van der Waals surface area contributed by atoms with Gasteiger partial charge in [-0.25, -0.2) is 9.97 Å². The van der Waals surface area contributed by atoms with Crippen LogP contribution in [0.15, 0.2) is 24.4 Å². The molecule has 0 bridgehead atoms. The van der Waals surface area contributed by atoms with Crippen molar-refractivity contribution >= 4 is 22.5 Å². The number of benzene rings is 1. The Kier molecular flexibility index (Phi) is 2.04. The third-order valence-electron chi connectivity index (χ3n) is 2.99. The van der Waals surface area contributed by atoms with E-state index in [4.69, 9.17) is 0 Å². The highest BCUT2D eigenvalue weighted by atomic mass is 15.1. The topological polar surface area (TPSA) is 42.2 Å². The van der Waals surface area contributed by atoms with E-state index in [9.17, 15) is 0 Å². The Morgan fingerprint density at radius 1 is 1.24 bits per heavy atom. The number of imidazole rings is 1. The standard InChI is InChI=1S/C13H14N4/c1-8-4-5-11-10(6-8)16-12(14-3)13-15-7-9(2)17(11)13/h4-7H,1-3H3,(H,14,16). The molecule has 0 atom stereocenters. The molecule has 4 heteroatoms. The summed E-state index contributed by atoms with van der Waals surface area (Å²) in [6.07, 6.45) is 1.87. The van der Waals surface area contributed by atoms with Crippen molar-refractivity contribution in [2.45, 2.75) is 13.8 Å². The van der Waals surface area contributed by atoms with Crippen LogP contribution in [0.5, 0.6) is 0 Å². The summed E-state index contributed by atoms with van der Waals surface area (Å²) in [7, 11) is 1.87. The lowest BCUT2D eigenvalue weighted by atomic mass is 10.2. The maximum Gasteiger partial charge on any atom is 0.180 e. The predicted octanol–water partition coefficient (Wildman–Crippen LogP) is 2.54. The molecule has 0 radical (unpaired) electrons. The Morgan fingerprint density at radius 2 is 2.06 bits per heavy atom. The highest BCUT2D eigenvalue weighted by Crippen LogP contribution is 2.22. The average Bonchev–Trinajstić information content (AvgIpc) is 2.70. The van der Waals surface area contributed by atoms with Crippen molar-refractivity contribution in [3.63, 3.8) is 0 Å². The number of hydrogen-bond donors (Lipinski definition) is 1. The molecule has 0 aliphatic rings. The number of aryl methyl sites for hydroxylation is 2. The molecule has 0 unspecified atom stereocenters. The summed E-state index contributed by atoms with van der Waals surface area (Å²) in [5, 5.41) is 3.10. The van der Waals surface area contributed by atoms with Gasteiger partial charge in [0.15, 0.2) is 11.5 Å². The normalized spacial score (nSPS) is 11.2. The minimum absolute atomic E-state index is 0.816. The van der Waals surface area contributed by atoms with E-state index < -0.39 is 0 Å². The summed E-state index contributed by atoms with van der Waals surface area (Å²) >= 11 is 0. The van der Waals surface area contributed by atoms with Gasteiger partial charge < -0.3 is 5.32 Å². The number of fused-ring (bicyclic) bond motifs is 3. The average molecular weight is 226 g/mol. The number of hydrogen-bond acceptors (Lipinski definition) is 3. The Balaban J connectivity index is 2.57. The lowest BCUT2D eigenvalue weighted by Crippen LogP contribution is -2.00. The molecule has 2 aromatic heterocycles. The van der Waals surface area contributed by atoms with Gasteiger partial charge in [-0.2, -0.15) is 0 Å². The molecule has 1 aromatic carbocycles. The van der Waals surface area contributed by atoms with E-state index in [-0.39, 0.29) is 0 Å². The molecule has 4 nitrogen and oxygen atoms in total.